The van der Waals surface area contributed by atoms with E-state index >= 15 is 0 Å². The molecule has 2 amide bonds. The van der Waals surface area contributed by atoms with Gasteiger partial charge in [0.05, 0.1) is 16.7 Å². The number of nitrogens with zero attached hydrogens (tertiary/aromatic N) is 5. The van der Waals surface area contributed by atoms with Gasteiger partial charge in [-0.3, -0.25) is 24.2 Å². The molecule has 36 heavy (non-hydrogen) atoms. The molecule has 0 aliphatic carbocycles. The minimum Gasteiger partial charge on any atom is -0.347 e. The lowest BCUT2D eigenvalue weighted by Gasteiger charge is -2.39. The zero-order valence-electron chi connectivity index (χ0n) is 21.0. The van der Waals surface area contributed by atoms with Gasteiger partial charge in [-0.25, -0.2) is 0 Å². The Bertz CT molecular complexity index is 1450. The summed E-state index contributed by atoms with van der Waals surface area (Å²) >= 11 is 0. The van der Waals surface area contributed by atoms with Crippen molar-refractivity contribution < 1.29 is 9.59 Å². The van der Waals surface area contributed by atoms with Crippen LogP contribution in [0.3, 0.4) is 0 Å². The number of rotatable bonds is 4. The van der Waals surface area contributed by atoms with E-state index in [0.29, 0.717) is 36.3 Å². The lowest BCUT2D eigenvalue weighted by Crippen LogP contribution is -2.51. The zero-order valence-corrected chi connectivity index (χ0v) is 21.0. The Balaban J connectivity index is 1.41. The van der Waals surface area contributed by atoms with Crippen LogP contribution < -0.4 is 5.32 Å². The predicted octanol–water partition coefficient (Wildman–Crippen LogP) is 3.72. The van der Waals surface area contributed by atoms with Crippen molar-refractivity contribution in [2.24, 2.45) is 7.05 Å². The highest BCUT2D eigenvalue weighted by Crippen LogP contribution is 2.29. The fourth-order valence-corrected chi connectivity index (χ4v) is 5.22. The number of aromatic nitrogens is 4. The van der Waals surface area contributed by atoms with Gasteiger partial charge in [-0.05, 0) is 50.5 Å². The van der Waals surface area contributed by atoms with Gasteiger partial charge in [0.2, 0.25) is 0 Å². The summed E-state index contributed by atoms with van der Waals surface area (Å²) in [4.78, 5) is 37.5. The maximum atomic E-state index is 13.6. The highest BCUT2D eigenvalue weighted by Gasteiger charge is 2.35. The lowest BCUT2D eigenvalue weighted by molar-refractivity contribution is 0.0671. The third-order valence-electron chi connectivity index (χ3n) is 7.19. The molecule has 0 spiro atoms. The average Bonchev–Trinajstić information content (AvgIpc) is 3.15. The van der Waals surface area contributed by atoms with Crippen LogP contribution in [0.15, 0.2) is 54.9 Å². The van der Waals surface area contributed by atoms with Gasteiger partial charge in [0.25, 0.3) is 11.8 Å². The first kappa shape index (κ1) is 23.7. The molecule has 2 aromatic heterocycles. The van der Waals surface area contributed by atoms with Gasteiger partial charge in [0.1, 0.15) is 5.69 Å². The van der Waals surface area contributed by atoms with E-state index in [2.05, 4.69) is 32.5 Å². The molecule has 2 atom stereocenters. The number of amides is 2. The van der Waals surface area contributed by atoms with Gasteiger partial charge in [-0.15, -0.1) is 0 Å². The first-order chi connectivity index (χ1) is 17.3. The molecular weight excluding hydrogens is 452 g/mol. The summed E-state index contributed by atoms with van der Waals surface area (Å²) in [5.41, 5.74) is 6.45. The summed E-state index contributed by atoms with van der Waals surface area (Å²) < 4.78 is 1.64. The molecule has 1 aliphatic heterocycles. The molecule has 1 saturated heterocycles. The molecule has 5 rings (SSSR count). The largest absolute Gasteiger partial charge is 0.347 e. The molecule has 1 aliphatic rings. The molecule has 0 unspecified atom stereocenters. The molecule has 8 heteroatoms. The van der Waals surface area contributed by atoms with Gasteiger partial charge in [0, 0.05) is 55.6 Å². The highest BCUT2D eigenvalue weighted by molar-refractivity contribution is 5.98. The van der Waals surface area contributed by atoms with Crippen LogP contribution in [-0.2, 0) is 7.05 Å². The zero-order chi connectivity index (χ0) is 25.4. The number of hydrogen-bond donors (Lipinski definition) is 1. The molecule has 8 nitrogen and oxygen atoms in total. The Hall–Kier alpha value is -4.07. The quantitative estimate of drug-likeness (QED) is 0.479. The number of piperidine rings is 1. The Morgan fingerprint density at radius 1 is 1.03 bits per heavy atom. The van der Waals surface area contributed by atoms with Crippen molar-refractivity contribution in [1.29, 1.82) is 0 Å². The Labute approximate surface area is 210 Å². The van der Waals surface area contributed by atoms with Crippen LogP contribution in [0, 0.1) is 20.8 Å². The number of carbonyl (C=O) groups excluding carboxylic acids is 2. The molecule has 2 aromatic carbocycles. The van der Waals surface area contributed by atoms with Crippen LogP contribution in [0.25, 0.3) is 11.0 Å². The summed E-state index contributed by atoms with van der Waals surface area (Å²) in [6, 6.07) is 13.7. The second kappa shape index (κ2) is 9.53. The van der Waals surface area contributed by atoms with E-state index in [4.69, 9.17) is 0 Å². The van der Waals surface area contributed by atoms with Crippen molar-refractivity contribution >= 4 is 22.8 Å². The van der Waals surface area contributed by atoms with E-state index in [1.807, 2.05) is 56.0 Å². The topological polar surface area (TPSA) is 93.0 Å². The molecule has 4 aromatic rings. The molecule has 0 saturated carbocycles. The van der Waals surface area contributed by atoms with Gasteiger partial charge in [-0.2, -0.15) is 5.10 Å². The van der Waals surface area contributed by atoms with Crippen molar-refractivity contribution in [3.63, 3.8) is 0 Å². The summed E-state index contributed by atoms with van der Waals surface area (Å²) in [6.07, 6.45) is 3.95. The van der Waals surface area contributed by atoms with Gasteiger partial charge in [-0.1, -0.05) is 30.3 Å². The fourth-order valence-electron chi connectivity index (χ4n) is 5.22. The standard InChI is InChI=1S/C28H30N6O2/c1-17-14-21(15-24-25(17)30-12-11-29-24)28(36)34-13-10-23(22(16-34)20-8-6-5-7-9-20)31-27(35)26-18(2)19(3)32-33(26)4/h5-9,11-12,14-15,22-23H,10,13,16H2,1-4H3,(H,31,35)/t22-,23-/m1/s1. The maximum Gasteiger partial charge on any atom is 0.270 e. The fraction of sp³-hybridized carbons (Fsp3) is 0.321. The molecular formula is C28H30N6O2. The van der Waals surface area contributed by atoms with Crippen molar-refractivity contribution in [2.75, 3.05) is 13.1 Å². The number of likely N-dealkylation sites (tertiary alicyclic amines) is 1. The third kappa shape index (κ3) is 4.34. The molecule has 1 fully saturated rings. The van der Waals surface area contributed by atoms with Crippen molar-refractivity contribution in [2.45, 2.75) is 39.2 Å². The molecule has 0 radical (unpaired) electrons. The number of fused-ring (bicyclic) bond motifs is 1. The summed E-state index contributed by atoms with van der Waals surface area (Å²) in [5.74, 6) is -0.205. The highest BCUT2D eigenvalue weighted by atomic mass is 16.2. The Morgan fingerprint density at radius 3 is 2.50 bits per heavy atom. The molecule has 3 heterocycles. The van der Waals surface area contributed by atoms with Crippen LogP contribution in [0.4, 0.5) is 0 Å². The molecule has 1 N–H and O–H groups in total. The Morgan fingerprint density at radius 2 is 1.78 bits per heavy atom. The van der Waals surface area contributed by atoms with E-state index in [9.17, 15) is 9.59 Å². The first-order valence-electron chi connectivity index (χ1n) is 12.2. The summed E-state index contributed by atoms with van der Waals surface area (Å²) in [7, 11) is 1.79. The van der Waals surface area contributed by atoms with Crippen molar-refractivity contribution in [1.82, 2.24) is 30.0 Å². The van der Waals surface area contributed by atoms with Crippen LogP contribution in [0.2, 0.25) is 0 Å². The summed E-state index contributed by atoms with van der Waals surface area (Å²) in [6.45, 7) is 6.83. The average molecular weight is 483 g/mol. The first-order valence-corrected chi connectivity index (χ1v) is 12.2. The maximum absolute atomic E-state index is 13.6. The predicted molar refractivity (Wildman–Crippen MR) is 138 cm³/mol. The van der Waals surface area contributed by atoms with Gasteiger partial charge < -0.3 is 10.2 Å². The second-order valence-electron chi connectivity index (χ2n) is 9.54. The van der Waals surface area contributed by atoms with E-state index < -0.39 is 0 Å². The SMILES string of the molecule is Cc1nn(C)c(C(=O)N[C@@H]2CCN(C(=O)c3cc(C)c4nccnc4c3)C[C@@H]2c2ccccc2)c1C. The number of nitrogens with one attached hydrogen (secondary N) is 1. The minimum absolute atomic E-state index is 0.0329. The van der Waals surface area contributed by atoms with Gasteiger partial charge in [0.15, 0.2) is 0 Å². The van der Waals surface area contributed by atoms with E-state index in [-0.39, 0.29) is 23.8 Å². The van der Waals surface area contributed by atoms with Crippen molar-refractivity contribution in [3.05, 3.63) is 88.5 Å². The van der Waals surface area contributed by atoms with Crippen LogP contribution in [0.1, 0.15) is 55.6 Å². The normalized spacial score (nSPS) is 17.8. The number of hydrogen-bond acceptors (Lipinski definition) is 5. The molecule has 0 bridgehead atoms. The van der Waals surface area contributed by atoms with Crippen LogP contribution in [0.5, 0.6) is 0 Å². The van der Waals surface area contributed by atoms with Gasteiger partial charge >= 0.3 is 0 Å². The minimum atomic E-state index is -0.134. The molecule has 184 valence electrons. The number of benzene rings is 2. The van der Waals surface area contributed by atoms with E-state index in [0.717, 1.165) is 27.9 Å². The number of carbonyl (C=O) groups is 2. The monoisotopic (exact) mass is 482 g/mol. The second-order valence-corrected chi connectivity index (χ2v) is 9.54. The van der Waals surface area contributed by atoms with Crippen molar-refractivity contribution in [3.8, 4) is 0 Å². The van der Waals surface area contributed by atoms with Crippen LogP contribution in [-0.4, -0.2) is 55.6 Å². The van der Waals surface area contributed by atoms with E-state index in [1.165, 1.54) is 0 Å². The lowest BCUT2D eigenvalue weighted by atomic mass is 9.85. The van der Waals surface area contributed by atoms with Crippen LogP contribution >= 0.6 is 0 Å². The van der Waals surface area contributed by atoms with E-state index in [1.54, 1.807) is 24.1 Å². The third-order valence-corrected chi connectivity index (χ3v) is 7.19. The number of aryl methyl sites for hydroxylation is 3. The summed E-state index contributed by atoms with van der Waals surface area (Å²) in [5, 5.41) is 7.65. The Kier molecular flexibility index (Phi) is 6.26. The smallest absolute Gasteiger partial charge is 0.270 e.